The number of anilines is 1. The summed E-state index contributed by atoms with van der Waals surface area (Å²) in [6.45, 7) is 1.35. The van der Waals surface area contributed by atoms with Crippen molar-refractivity contribution in [3.8, 4) is 0 Å². The highest BCUT2D eigenvalue weighted by molar-refractivity contribution is 8.00. The Kier molecular flexibility index (Phi) is 7.60. The number of aromatic nitrogens is 4. The summed E-state index contributed by atoms with van der Waals surface area (Å²) in [5.41, 5.74) is 6.78. The fourth-order valence-electron chi connectivity index (χ4n) is 3.96. The van der Waals surface area contributed by atoms with Crippen molar-refractivity contribution < 1.29 is 28.8 Å². The second-order valence-corrected chi connectivity index (χ2v) is 10.8. The van der Waals surface area contributed by atoms with Gasteiger partial charge < -0.3 is 30.5 Å². The lowest BCUT2D eigenvalue weighted by Gasteiger charge is -2.49. The number of hydrogen-bond donors (Lipinski definition) is 4. The number of H-pyrrole nitrogens is 1. The van der Waals surface area contributed by atoms with Crippen molar-refractivity contribution in [2.24, 2.45) is 5.16 Å². The number of thioether (sulfide) groups is 1. The van der Waals surface area contributed by atoms with Crippen molar-refractivity contribution in [2.45, 2.75) is 18.0 Å². The molecule has 5 N–H and O–H groups in total. The van der Waals surface area contributed by atoms with E-state index in [-0.39, 0.29) is 22.4 Å². The van der Waals surface area contributed by atoms with E-state index in [0.717, 1.165) is 23.8 Å². The van der Waals surface area contributed by atoms with Crippen LogP contribution in [0.4, 0.5) is 5.13 Å². The minimum Gasteiger partial charge on any atom is -0.477 e. The molecule has 14 nitrogen and oxygen atoms in total. The third-order valence-corrected chi connectivity index (χ3v) is 7.45. The van der Waals surface area contributed by atoms with E-state index in [1.165, 1.54) is 23.8 Å². The predicted octanol–water partition coefficient (Wildman–Crippen LogP) is -0.235. The van der Waals surface area contributed by atoms with Gasteiger partial charge in [-0.3, -0.25) is 14.5 Å². The van der Waals surface area contributed by atoms with E-state index >= 15 is 0 Å². The van der Waals surface area contributed by atoms with Crippen molar-refractivity contribution in [1.29, 1.82) is 0 Å². The SMILES string of the molecule is CO/N=C(\C(=O)N[C@@H]1C(=O)N2C(C(=O)O)=C(/C=C/C[N+](C)(C)Cc3cnc[nH]3)CS[C@@H]12)c1nsc(N)n1. The van der Waals surface area contributed by atoms with Crippen molar-refractivity contribution in [1.82, 2.24) is 29.5 Å². The standard InChI is InChI=1S/C21H25N9O5S2/c1-30(2,8-12-7-23-10-24-12)6-4-5-11-9-36-19-14(18(32)29(19)15(11)20(33)34)25-17(31)13(27-35-3)16-26-21(22)37-28-16/h4-5,7,10,14,19H,6,8-9H2,1-3H3,(H4-,22,23,24,25,26,28,31,33,34)/p+1/b5-4+,27-13-/t14-,19+/m1/s1. The van der Waals surface area contributed by atoms with Gasteiger partial charge in [0.1, 0.15) is 30.8 Å². The van der Waals surface area contributed by atoms with Crippen LogP contribution in [0.1, 0.15) is 11.5 Å². The van der Waals surface area contributed by atoms with Gasteiger partial charge in [0.2, 0.25) is 11.5 Å². The first-order valence-electron chi connectivity index (χ1n) is 11.0. The Morgan fingerprint density at radius 3 is 2.86 bits per heavy atom. The number of nitrogens with one attached hydrogen (secondary N) is 2. The number of allylic oxidation sites excluding steroid dienone is 1. The molecule has 4 heterocycles. The number of nitrogen functional groups attached to an aromatic ring is 1. The van der Waals surface area contributed by atoms with E-state index < -0.39 is 29.2 Å². The molecule has 1 saturated heterocycles. The van der Waals surface area contributed by atoms with Crippen LogP contribution >= 0.6 is 23.3 Å². The number of oxime groups is 1. The number of carboxylic acid groups (broad SMARTS) is 1. The summed E-state index contributed by atoms with van der Waals surface area (Å²) in [5, 5.41) is 15.7. The van der Waals surface area contributed by atoms with Gasteiger partial charge in [0.15, 0.2) is 5.13 Å². The zero-order chi connectivity index (χ0) is 26.7. The number of carbonyl (C=O) groups is 3. The van der Waals surface area contributed by atoms with Crippen LogP contribution in [-0.4, -0.2) is 102 Å². The minimum atomic E-state index is -1.21. The Morgan fingerprint density at radius 2 is 2.24 bits per heavy atom. The average Bonchev–Trinajstić information content (AvgIpc) is 3.51. The molecule has 196 valence electrons. The van der Waals surface area contributed by atoms with Crippen LogP contribution in [0.3, 0.4) is 0 Å². The number of imidazole rings is 1. The van der Waals surface area contributed by atoms with Crippen molar-refractivity contribution in [3.63, 3.8) is 0 Å². The van der Waals surface area contributed by atoms with Gasteiger partial charge in [-0.05, 0) is 11.6 Å². The van der Waals surface area contributed by atoms with Crippen LogP contribution in [0.2, 0.25) is 0 Å². The second kappa shape index (κ2) is 10.7. The van der Waals surface area contributed by atoms with Gasteiger partial charge in [0.25, 0.3) is 11.8 Å². The number of aromatic amines is 1. The zero-order valence-corrected chi connectivity index (χ0v) is 21.9. The molecule has 37 heavy (non-hydrogen) atoms. The van der Waals surface area contributed by atoms with E-state index in [2.05, 4.69) is 29.8 Å². The molecule has 0 radical (unpaired) electrons. The normalized spacial score (nSPS) is 20.1. The van der Waals surface area contributed by atoms with E-state index in [1.807, 2.05) is 20.2 Å². The molecule has 0 spiro atoms. The van der Waals surface area contributed by atoms with Gasteiger partial charge in [0.05, 0.1) is 38.9 Å². The first-order valence-corrected chi connectivity index (χ1v) is 12.8. The van der Waals surface area contributed by atoms with Gasteiger partial charge in [-0.1, -0.05) is 11.2 Å². The van der Waals surface area contributed by atoms with Crippen LogP contribution < -0.4 is 11.1 Å². The Hall–Kier alpha value is -3.76. The molecular formula is C21H26N9O5S2+. The Bertz CT molecular complexity index is 1290. The van der Waals surface area contributed by atoms with Gasteiger partial charge >= 0.3 is 5.97 Å². The highest BCUT2D eigenvalue weighted by Crippen LogP contribution is 2.40. The molecule has 2 amide bonds. The number of nitrogens with zero attached hydrogens (tertiary/aromatic N) is 6. The number of hydrogen-bond acceptors (Lipinski definition) is 11. The number of aliphatic carboxylic acids is 1. The quantitative estimate of drug-likeness (QED) is 0.134. The van der Waals surface area contributed by atoms with E-state index in [9.17, 15) is 19.5 Å². The van der Waals surface area contributed by atoms with Gasteiger partial charge in [-0.2, -0.15) is 9.36 Å². The average molecular weight is 549 g/mol. The van der Waals surface area contributed by atoms with Crippen LogP contribution in [0.25, 0.3) is 0 Å². The van der Waals surface area contributed by atoms with Crippen LogP contribution in [0.5, 0.6) is 0 Å². The fourth-order valence-corrected chi connectivity index (χ4v) is 5.72. The first kappa shape index (κ1) is 26.3. The fraction of sp³-hybridized carbons (Fsp3) is 0.381. The van der Waals surface area contributed by atoms with Crippen LogP contribution in [0, 0.1) is 0 Å². The molecule has 2 aliphatic heterocycles. The predicted molar refractivity (Wildman–Crippen MR) is 136 cm³/mol. The summed E-state index contributed by atoms with van der Waals surface area (Å²) in [7, 11) is 5.35. The minimum absolute atomic E-state index is 0.0332. The molecule has 0 saturated carbocycles. The number of carboxylic acids is 1. The van der Waals surface area contributed by atoms with Crippen LogP contribution in [0.15, 0.2) is 41.1 Å². The Morgan fingerprint density at radius 1 is 1.46 bits per heavy atom. The molecule has 0 bridgehead atoms. The molecule has 2 aliphatic rings. The largest absolute Gasteiger partial charge is 0.477 e. The van der Waals surface area contributed by atoms with E-state index in [0.29, 0.717) is 22.4 Å². The van der Waals surface area contributed by atoms with E-state index in [1.54, 1.807) is 18.6 Å². The summed E-state index contributed by atoms with van der Waals surface area (Å²) >= 11 is 2.25. The van der Waals surface area contributed by atoms with E-state index in [4.69, 9.17) is 10.6 Å². The van der Waals surface area contributed by atoms with Gasteiger partial charge in [-0.15, -0.1) is 11.8 Å². The molecule has 2 atom stereocenters. The highest BCUT2D eigenvalue weighted by atomic mass is 32.2. The van der Waals surface area contributed by atoms with Crippen LogP contribution in [-0.2, 0) is 25.8 Å². The molecule has 16 heteroatoms. The summed E-state index contributed by atoms with van der Waals surface area (Å²) < 4.78 is 4.57. The number of quaternary nitrogens is 1. The lowest BCUT2D eigenvalue weighted by atomic mass is 10.0. The third kappa shape index (κ3) is 5.65. The molecule has 0 aromatic carbocycles. The van der Waals surface area contributed by atoms with Crippen molar-refractivity contribution in [2.75, 3.05) is 39.2 Å². The molecule has 1 fully saturated rings. The number of β-lactam (4-membered cyclic amide) rings is 1. The highest BCUT2D eigenvalue weighted by Gasteiger charge is 2.54. The Labute approximate surface area is 220 Å². The summed E-state index contributed by atoms with van der Waals surface area (Å²) in [6, 6.07) is -0.944. The number of likely N-dealkylation sites (N-methyl/N-ethyl adjacent to an activating group) is 1. The molecular weight excluding hydrogens is 522 g/mol. The molecule has 2 aromatic rings. The summed E-state index contributed by atoms with van der Waals surface area (Å²) in [6.07, 6.45) is 7.05. The number of rotatable bonds is 10. The lowest BCUT2D eigenvalue weighted by Crippen LogP contribution is -2.71. The van der Waals surface area contributed by atoms with Crippen molar-refractivity contribution in [3.05, 3.63) is 47.5 Å². The first-order chi connectivity index (χ1) is 17.6. The van der Waals surface area contributed by atoms with Gasteiger partial charge in [-0.25, -0.2) is 9.78 Å². The maximum atomic E-state index is 13.0. The Balaban J connectivity index is 1.46. The lowest BCUT2D eigenvalue weighted by molar-refractivity contribution is -0.898. The zero-order valence-electron chi connectivity index (χ0n) is 20.2. The molecule has 4 rings (SSSR count). The number of fused-ring (bicyclic) bond motifs is 1. The third-order valence-electron chi connectivity index (χ3n) is 5.61. The smallest absolute Gasteiger partial charge is 0.352 e. The summed E-state index contributed by atoms with van der Waals surface area (Å²) in [4.78, 5) is 54.9. The summed E-state index contributed by atoms with van der Waals surface area (Å²) in [5.74, 6) is -2.16. The maximum absolute atomic E-state index is 13.0. The maximum Gasteiger partial charge on any atom is 0.352 e. The monoisotopic (exact) mass is 548 g/mol. The topological polar surface area (TPSA) is 189 Å². The number of nitrogens with two attached hydrogens (primary N) is 1. The van der Waals surface area contributed by atoms with Crippen molar-refractivity contribution >= 4 is 51.9 Å². The van der Waals surface area contributed by atoms with Gasteiger partial charge in [0, 0.05) is 17.3 Å². The molecule has 0 aliphatic carbocycles. The second-order valence-electron chi connectivity index (χ2n) is 8.87. The number of amides is 2. The molecule has 0 unspecified atom stereocenters. The molecule has 2 aromatic heterocycles. The number of carbonyl (C=O) groups excluding carboxylic acids is 2.